The molecule has 11 nitrogen and oxygen atoms in total. The molecule has 11 heteroatoms. The largest absolute Gasteiger partial charge is 0.394 e. The molecule has 2 fully saturated rings. The molecule has 0 bridgehead atoms. The number of imidazole rings is 1. The molecule has 0 saturated carbocycles. The van der Waals surface area contributed by atoms with Crippen LogP contribution in [-0.2, 0) is 9.53 Å². The molecule has 0 radical (unpaired) electrons. The van der Waals surface area contributed by atoms with E-state index in [1.165, 1.54) is 24.1 Å². The van der Waals surface area contributed by atoms with E-state index < -0.39 is 42.6 Å². The molecule has 146 valence electrons. The van der Waals surface area contributed by atoms with E-state index in [4.69, 9.17) is 10.5 Å². The first kappa shape index (κ1) is 18.0. The smallest absolute Gasteiger partial charge is 0.240 e. The van der Waals surface area contributed by atoms with Crippen molar-refractivity contribution in [3.05, 3.63) is 12.7 Å². The summed E-state index contributed by atoms with van der Waals surface area (Å²) < 4.78 is 7.13. The molecular weight excluding hydrogens is 356 g/mol. The second-order valence-corrected chi connectivity index (χ2v) is 7.16. The lowest BCUT2D eigenvalue weighted by atomic mass is 9.96. The van der Waals surface area contributed by atoms with Crippen LogP contribution in [0.25, 0.3) is 11.2 Å². The minimum absolute atomic E-state index is 0.381. The van der Waals surface area contributed by atoms with Gasteiger partial charge in [0.15, 0.2) is 23.2 Å². The summed E-state index contributed by atoms with van der Waals surface area (Å²) in [7, 11) is 0. The molecule has 2 aromatic heterocycles. The van der Waals surface area contributed by atoms with E-state index in [1.54, 1.807) is 0 Å². The van der Waals surface area contributed by atoms with E-state index >= 15 is 0 Å². The molecule has 2 saturated heterocycles. The maximum absolute atomic E-state index is 11.7. The van der Waals surface area contributed by atoms with Gasteiger partial charge in [-0.25, -0.2) is 15.0 Å². The monoisotopic (exact) mass is 378 g/mol. The fourth-order valence-corrected chi connectivity index (χ4v) is 3.93. The van der Waals surface area contributed by atoms with E-state index in [0.717, 1.165) is 6.42 Å². The van der Waals surface area contributed by atoms with Gasteiger partial charge in [0.1, 0.15) is 30.2 Å². The van der Waals surface area contributed by atoms with Crippen LogP contribution in [0, 0.1) is 0 Å². The Morgan fingerprint density at radius 3 is 2.89 bits per heavy atom. The normalized spacial score (nSPS) is 33.9. The summed E-state index contributed by atoms with van der Waals surface area (Å²) in [4.78, 5) is 26.4. The number of aliphatic hydroxyl groups excluding tert-OH is 2. The van der Waals surface area contributed by atoms with Crippen LogP contribution in [0.3, 0.4) is 0 Å². The van der Waals surface area contributed by atoms with Gasteiger partial charge in [0.2, 0.25) is 5.91 Å². The van der Waals surface area contributed by atoms with Gasteiger partial charge < -0.3 is 30.7 Å². The Bertz CT molecular complexity index is 870. The van der Waals surface area contributed by atoms with Crippen molar-refractivity contribution in [3.63, 3.8) is 0 Å². The summed E-state index contributed by atoms with van der Waals surface area (Å²) in [6.45, 7) is 1.61. The SMILES string of the molecule is C[C@@]1(O)C(O)C(CO)OC1n1cnc2c(N3CCCC3C(N)=O)ncnc21. The van der Waals surface area contributed by atoms with Crippen molar-refractivity contribution in [2.75, 3.05) is 18.1 Å². The highest BCUT2D eigenvalue weighted by Crippen LogP contribution is 2.40. The minimum atomic E-state index is -1.66. The Labute approximate surface area is 154 Å². The van der Waals surface area contributed by atoms with Gasteiger partial charge in [-0.3, -0.25) is 9.36 Å². The second kappa shape index (κ2) is 6.37. The Morgan fingerprint density at radius 2 is 2.22 bits per heavy atom. The summed E-state index contributed by atoms with van der Waals surface area (Å²) in [6, 6.07) is -0.459. The summed E-state index contributed by atoms with van der Waals surface area (Å²) in [6.07, 6.45) is 1.03. The van der Waals surface area contributed by atoms with Crippen molar-refractivity contribution in [3.8, 4) is 0 Å². The molecular formula is C16H22N6O5. The van der Waals surface area contributed by atoms with E-state index in [0.29, 0.717) is 29.9 Å². The number of hydrogen-bond acceptors (Lipinski definition) is 9. The molecule has 2 aliphatic heterocycles. The van der Waals surface area contributed by atoms with Gasteiger partial charge in [0.05, 0.1) is 12.9 Å². The highest BCUT2D eigenvalue weighted by atomic mass is 16.6. The third kappa shape index (κ3) is 2.65. The first-order valence-corrected chi connectivity index (χ1v) is 8.76. The van der Waals surface area contributed by atoms with Gasteiger partial charge in [0.25, 0.3) is 0 Å². The van der Waals surface area contributed by atoms with Crippen LogP contribution in [0.5, 0.6) is 0 Å². The molecule has 0 aromatic carbocycles. The molecule has 0 spiro atoms. The fraction of sp³-hybridized carbons (Fsp3) is 0.625. The van der Waals surface area contributed by atoms with Crippen molar-refractivity contribution in [1.82, 2.24) is 19.5 Å². The zero-order chi connectivity index (χ0) is 19.3. The van der Waals surface area contributed by atoms with Gasteiger partial charge in [-0.15, -0.1) is 0 Å². The number of amides is 1. The molecule has 27 heavy (non-hydrogen) atoms. The number of carbonyl (C=O) groups excluding carboxylic acids is 1. The molecule has 2 aromatic rings. The maximum atomic E-state index is 11.7. The van der Waals surface area contributed by atoms with Crippen molar-refractivity contribution in [1.29, 1.82) is 0 Å². The van der Waals surface area contributed by atoms with Gasteiger partial charge >= 0.3 is 0 Å². The topological polar surface area (TPSA) is 160 Å². The van der Waals surface area contributed by atoms with Crippen molar-refractivity contribution >= 4 is 22.9 Å². The van der Waals surface area contributed by atoms with E-state index in [1.807, 2.05) is 4.90 Å². The number of ether oxygens (including phenoxy) is 1. The number of primary amides is 1. The van der Waals surface area contributed by atoms with Crippen molar-refractivity contribution in [2.24, 2.45) is 5.73 Å². The summed E-state index contributed by atoms with van der Waals surface area (Å²) in [5.41, 5.74) is 4.66. The number of aliphatic hydroxyl groups is 3. The molecule has 0 aliphatic carbocycles. The fourth-order valence-electron chi connectivity index (χ4n) is 3.93. The summed E-state index contributed by atoms with van der Waals surface area (Å²) in [5.74, 6) is 0.0617. The van der Waals surface area contributed by atoms with Gasteiger partial charge in [-0.2, -0.15) is 0 Å². The number of fused-ring (bicyclic) bond motifs is 1. The third-order valence-corrected chi connectivity index (χ3v) is 5.38. The molecule has 4 unspecified atom stereocenters. The number of rotatable bonds is 4. The quantitative estimate of drug-likeness (QED) is 0.485. The number of aromatic nitrogens is 4. The lowest BCUT2D eigenvalue weighted by molar-refractivity contribution is -0.119. The number of carbonyl (C=O) groups is 1. The third-order valence-electron chi connectivity index (χ3n) is 5.38. The maximum Gasteiger partial charge on any atom is 0.240 e. The second-order valence-electron chi connectivity index (χ2n) is 7.16. The zero-order valence-corrected chi connectivity index (χ0v) is 14.8. The molecule has 5 atom stereocenters. The Morgan fingerprint density at radius 1 is 1.44 bits per heavy atom. The molecule has 4 heterocycles. The number of anilines is 1. The van der Waals surface area contributed by atoms with E-state index in [-0.39, 0.29) is 0 Å². The Hall–Kier alpha value is -2.34. The lowest BCUT2D eigenvalue weighted by Crippen LogP contribution is -2.44. The average molecular weight is 378 g/mol. The number of nitrogens with two attached hydrogens (primary N) is 1. The van der Waals surface area contributed by atoms with Crippen molar-refractivity contribution < 1.29 is 24.9 Å². The first-order chi connectivity index (χ1) is 12.9. The lowest BCUT2D eigenvalue weighted by Gasteiger charge is -2.27. The van der Waals surface area contributed by atoms with Crippen LogP contribution >= 0.6 is 0 Å². The Kier molecular flexibility index (Phi) is 4.26. The summed E-state index contributed by atoms with van der Waals surface area (Å²) in [5, 5.41) is 30.3. The van der Waals surface area contributed by atoms with Crippen LogP contribution in [-0.4, -0.2) is 77.7 Å². The molecule has 1 amide bonds. The van der Waals surface area contributed by atoms with Gasteiger partial charge in [-0.05, 0) is 19.8 Å². The minimum Gasteiger partial charge on any atom is -0.394 e. The molecule has 5 N–H and O–H groups in total. The van der Waals surface area contributed by atoms with Gasteiger partial charge in [0, 0.05) is 6.54 Å². The Balaban J connectivity index is 1.77. The van der Waals surface area contributed by atoms with Crippen LogP contribution in [0.4, 0.5) is 5.82 Å². The molecule has 2 aliphatic rings. The predicted octanol–water partition coefficient (Wildman–Crippen LogP) is -1.72. The summed E-state index contributed by atoms with van der Waals surface area (Å²) >= 11 is 0. The van der Waals surface area contributed by atoms with Crippen LogP contribution in [0.2, 0.25) is 0 Å². The number of hydrogen-bond donors (Lipinski definition) is 4. The predicted molar refractivity (Wildman–Crippen MR) is 92.5 cm³/mol. The van der Waals surface area contributed by atoms with E-state index in [2.05, 4.69) is 15.0 Å². The first-order valence-electron chi connectivity index (χ1n) is 8.76. The van der Waals surface area contributed by atoms with Crippen LogP contribution < -0.4 is 10.6 Å². The van der Waals surface area contributed by atoms with Crippen LogP contribution in [0.1, 0.15) is 26.0 Å². The highest BCUT2D eigenvalue weighted by molar-refractivity contribution is 5.89. The van der Waals surface area contributed by atoms with Crippen LogP contribution in [0.15, 0.2) is 12.7 Å². The number of nitrogens with zero attached hydrogens (tertiary/aromatic N) is 5. The highest BCUT2D eigenvalue weighted by Gasteiger charge is 2.53. The van der Waals surface area contributed by atoms with E-state index in [9.17, 15) is 20.1 Å². The van der Waals surface area contributed by atoms with Gasteiger partial charge in [-0.1, -0.05) is 0 Å². The zero-order valence-electron chi connectivity index (χ0n) is 14.8. The average Bonchev–Trinajstić information content (AvgIpc) is 3.33. The van der Waals surface area contributed by atoms with Crippen molar-refractivity contribution in [2.45, 2.75) is 49.8 Å². The standard InChI is InChI=1S/C16H22N6O5/c1-16(26)11(24)9(5-23)27-15(16)22-7-20-10-13(18-6-19-14(10)22)21-4-2-3-8(21)12(17)25/h6-9,11,15,23-24,26H,2-5H2,1H3,(H2,17,25)/t8?,9?,11?,15?,16-/m1/s1. The molecule has 4 rings (SSSR count).